The van der Waals surface area contributed by atoms with E-state index in [1.807, 2.05) is 0 Å². The number of aromatic nitrogens is 2. The number of nitro groups is 1. The van der Waals surface area contributed by atoms with Gasteiger partial charge in [-0.05, 0) is 38.1 Å². The molecular formula is C18H22N4O3. The second kappa shape index (κ2) is 6.92. The smallest absolute Gasteiger partial charge is 0.270 e. The molecule has 7 heteroatoms. The predicted octanol–water partition coefficient (Wildman–Crippen LogP) is 3.80. The Morgan fingerprint density at radius 2 is 2.08 bits per heavy atom. The summed E-state index contributed by atoms with van der Waals surface area (Å²) >= 11 is 0. The summed E-state index contributed by atoms with van der Waals surface area (Å²) in [6, 6.07) is 6.98. The Kier molecular flexibility index (Phi) is 4.48. The Labute approximate surface area is 146 Å². The van der Waals surface area contributed by atoms with Gasteiger partial charge in [-0.1, -0.05) is 30.1 Å². The van der Waals surface area contributed by atoms with Crippen LogP contribution in [0, 0.1) is 16.0 Å². The van der Waals surface area contributed by atoms with Gasteiger partial charge in [-0.2, -0.15) is 4.98 Å². The normalized spacial score (nSPS) is 24.0. The standard InChI is InChI=1S/C18H22N4O3/c23-22(24)15-8-3-6-14(11-15)18-19-17(25-20-18)12-21-10-4-7-13-5-1-2-9-16(13)21/h3,6,8,11,13,16H,1-2,4-5,7,9-10,12H2/t13-,16-/m1/s1. The first-order chi connectivity index (χ1) is 12.2. The zero-order chi connectivity index (χ0) is 17.2. The van der Waals surface area contributed by atoms with Crippen molar-refractivity contribution in [2.75, 3.05) is 6.54 Å². The highest BCUT2D eigenvalue weighted by Gasteiger charge is 2.33. The molecule has 0 bridgehead atoms. The lowest BCUT2D eigenvalue weighted by Crippen LogP contribution is -2.46. The van der Waals surface area contributed by atoms with Crippen LogP contribution in [0.4, 0.5) is 5.69 Å². The first kappa shape index (κ1) is 16.2. The molecule has 2 aromatic rings. The van der Waals surface area contributed by atoms with Crippen LogP contribution in [-0.2, 0) is 6.54 Å². The fraction of sp³-hybridized carbons (Fsp3) is 0.556. The molecule has 2 heterocycles. The van der Waals surface area contributed by atoms with Crippen molar-refractivity contribution < 1.29 is 9.45 Å². The third-order valence-corrected chi connectivity index (χ3v) is 5.48. The van der Waals surface area contributed by atoms with Gasteiger partial charge >= 0.3 is 0 Å². The number of fused-ring (bicyclic) bond motifs is 1. The zero-order valence-electron chi connectivity index (χ0n) is 14.1. The van der Waals surface area contributed by atoms with E-state index in [2.05, 4.69) is 15.0 Å². The first-order valence-corrected chi connectivity index (χ1v) is 9.02. The maximum absolute atomic E-state index is 10.9. The SMILES string of the molecule is O=[N+]([O-])c1cccc(-c2noc(CN3CCC[C@H]4CCCC[C@H]43)n2)c1. The fourth-order valence-corrected chi connectivity index (χ4v) is 4.29. The minimum Gasteiger partial charge on any atom is -0.338 e. The van der Waals surface area contributed by atoms with Crippen LogP contribution in [0.15, 0.2) is 28.8 Å². The Balaban J connectivity index is 1.49. The highest BCUT2D eigenvalue weighted by molar-refractivity contribution is 5.58. The minimum atomic E-state index is -0.415. The van der Waals surface area contributed by atoms with Crippen molar-refractivity contribution in [3.05, 3.63) is 40.3 Å². The molecule has 1 saturated heterocycles. The van der Waals surface area contributed by atoms with Crippen LogP contribution in [-0.4, -0.2) is 32.6 Å². The highest BCUT2D eigenvalue weighted by Crippen LogP contribution is 2.36. The number of nitro benzene ring substituents is 1. The molecule has 25 heavy (non-hydrogen) atoms. The molecule has 1 aromatic heterocycles. The maximum atomic E-state index is 10.9. The summed E-state index contributed by atoms with van der Waals surface area (Å²) in [7, 11) is 0. The summed E-state index contributed by atoms with van der Waals surface area (Å²) < 4.78 is 5.43. The van der Waals surface area contributed by atoms with E-state index in [4.69, 9.17) is 4.52 Å². The summed E-state index contributed by atoms with van der Waals surface area (Å²) in [6.07, 6.45) is 7.82. The number of likely N-dealkylation sites (tertiary alicyclic amines) is 1. The molecular weight excluding hydrogens is 320 g/mol. The van der Waals surface area contributed by atoms with Gasteiger partial charge in [0.25, 0.3) is 5.69 Å². The number of benzene rings is 1. The number of piperidine rings is 1. The van der Waals surface area contributed by atoms with Crippen LogP contribution in [0.2, 0.25) is 0 Å². The van der Waals surface area contributed by atoms with Crippen LogP contribution in [0.1, 0.15) is 44.4 Å². The van der Waals surface area contributed by atoms with E-state index in [0.717, 1.165) is 12.5 Å². The average Bonchev–Trinajstić information content (AvgIpc) is 3.11. The zero-order valence-corrected chi connectivity index (χ0v) is 14.1. The van der Waals surface area contributed by atoms with Gasteiger partial charge in [0.2, 0.25) is 11.7 Å². The molecule has 132 valence electrons. The third-order valence-electron chi connectivity index (χ3n) is 5.48. The maximum Gasteiger partial charge on any atom is 0.270 e. The summed E-state index contributed by atoms with van der Waals surface area (Å²) in [5.74, 6) is 1.81. The Morgan fingerprint density at radius 3 is 2.96 bits per heavy atom. The van der Waals surface area contributed by atoms with Gasteiger partial charge in [0, 0.05) is 23.7 Å². The number of hydrogen-bond acceptors (Lipinski definition) is 6. The van der Waals surface area contributed by atoms with Crippen LogP contribution < -0.4 is 0 Å². The second-order valence-electron chi connectivity index (χ2n) is 7.04. The molecule has 2 aliphatic rings. The lowest BCUT2D eigenvalue weighted by atomic mass is 9.78. The number of rotatable bonds is 4. The average molecular weight is 342 g/mol. The van der Waals surface area contributed by atoms with E-state index in [0.29, 0.717) is 29.9 Å². The number of nitrogens with zero attached hydrogens (tertiary/aromatic N) is 4. The molecule has 0 unspecified atom stereocenters. The van der Waals surface area contributed by atoms with Crippen LogP contribution in [0.25, 0.3) is 11.4 Å². The summed E-state index contributed by atoms with van der Waals surface area (Å²) in [5.41, 5.74) is 0.642. The molecule has 2 atom stereocenters. The van der Waals surface area contributed by atoms with Gasteiger partial charge in [-0.15, -0.1) is 0 Å². The van der Waals surface area contributed by atoms with Gasteiger partial charge in [-0.3, -0.25) is 15.0 Å². The van der Waals surface area contributed by atoms with Crippen LogP contribution in [0.3, 0.4) is 0 Å². The predicted molar refractivity (Wildman–Crippen MR) is 91.8 cm³/mol. The molecule has 1 aromatic carbocycles. The molecule has 1 aliphatic heterocycles. The topological polar surface area (TPSA) is 85.3 Å². The van der Waals surface area contributed by atoms with Crippen molar-refractivity contribution in [3.8, 4) is 11.4 Å². The van der Waals surface area contributed by atoms with Gasteiger partial charge in [-0.25, -0.2) is 0 Å². The summed E-state index contributed by atoms with van der Waals surface area (Å²) in [6.45, 7) is 1.75. The fourth-order valence-electron chi connectivity index (χ4n) is 4.29. The molecule has 0 radical (unpaired) electrons. The van der Waals surface area contributed by atoms with Gasteiger partial charge < -0.3 is 4.52 Å². The monoisotopic (exact) mass is 342 g/mol. The minimum absolute atomic E-state index is 0.0323. The van der Waals surface area contributed by atoms with E-state index >= 15 is 0 Å². The summed E-state index contributed by atoms with van der Waals surface area (Å²) in [4.78, 5) is 17.5. The van der Waals surface area contributed by atoms with Gasteiger partial charge in [0.05, 0.1) is 11.5 Å². The molecule has 0 N–H and O–H groups in total. The molecule has 2 fully saturated rings. The quantitative estimate of drug-likeness (QED) is 0.620. The molecule has 1 aliphatic carbocycles. The lowest BCUT2D eigenvalue weighted by molar-refractivity contribution is -0.384. The Hall–Kier alpha value is -2.28. The first-order valence-electron chi connectivity index (χ1n) is 9.02. The molecule has 4 rings (SSSR count). The largest absolute Gasteiger partial charge is 0.338 e. The molecule has 0 amide bonds. The molecule has 7 nitrogen and oxygen atoms in total. The van der Waals surface area contributed by atoms with Crippen molar-refractivity contribution in [3.63, 3.8) is 0 Å². The Bertz CT molecular complexity index is 758. The molecule has 0 spiro atoms. The van der Waals surface area contributed by atoms with Gasteiger partial charge in [0.1, 0.15) is 0 Å². The highest BCUT2D eigenvalue weighted by atomic mass is 16.6. The second-order valence-corrected chi connectivity index (χ2v) is 7.04. The van der Waals surface area contributed by atoms with Crippen molar-refractivity contribution in [2.45, 2.75) is 51.1 Å². The summed E-state index contributed by atoms with van der Waals surface area (Å²) in [5, 5.41) is 14.9. The van der Waals surface area contributed by atoms with Crippen LogP contribution in [0.5, 0.6) is 0 Å². The van der Waals surface area contributed by atoms with Crippen molar-refractivity contribution >= 4 is 5.69 Å². The Morgan fingerprint density at radius 1 is 1.24 bits per heavy atom. The van der Waals surface area contributed by atoms with Crippen molar-refractivity contribution in [1.29, 1.82) is 0 Å². The van der Waals surface area contributed by atoms with Gasteiger partial charge in [0.15, 0.2) is 0 Å². The lowest BCUT2D eigenvalue weighted by Gasteiger charge is -2.43. The van der Waals surface area contributed by atoms with Crippen molar-refractivity contribution in [2.24, 2.45) is 5.92 Å². The van der Waals surface area contributed by atoms with Crippen LogP contribution >= 0.6 is 0 Å². The number of non-ortho nitro benzene ring substituents is 1. The van der Waals surface area contributed by atoms with E-state index in [1.54, 1.807) is 12.1 Å². The van der Waals surface area contributed by atoms with E-state index in [1.165, 1.54) is 50.7 Å². The van der Waals surface area contributed by atoms with E-state index in [-0.39, 0.29) is 5.69 Å². The van der Waals surface area contributed by atoms with E-state index < -0.39 is 4.92 Å². The van der Waals surface area contributed by atoms with Crippen molar-refractivity contribution in [1.82, 2.24) is 15.0 Å². The number of hydrogen-bond donors (Lipinski definition) is 0. The third kappa shape index (κ3) is 3.42. The molecule has 1 saturated carbocycles. The van der Waals surface area contributed by atoms with E-state index in [9.17, 15) is 10.1 Å².